The number of rotatable bonds is 3. The van der Waals surface area contributed by atoms with Gasteiger partial charge in [0.2, 0.25) is 0 Å². The molecule has 0 N–H and O–H groups in total. The van der Waals surface area contributed by atoms with Crippen molar-refractivity contribution >= 4 is 6.09 Å². The van der Waals surface area contributed by atoms with E-state index in [0.717, 1.165) is 11.1 Å². The highest BCUT2D eigenvalue weighted by molar-refractivity contribution is 5.70. The van der Waals surface area contributed by atoms with Crippen LogP contribution in [0.15, 0.2) is 58.8 Å². The van der Waals surface area contributed by atoms with Crippen LogP contribution in [0.5, 0.6) is 0 Å². The quantitative estimate of drug-likeness (QED) is 0.804. The molecule has 1 atom stereocenters. The van der Waals surface area contributed by atoms with Gasteiger partial charge in [-0.15, -0.1) is 6.58 Å². The van der Waals surface area contributed by atoms with Gasteiger partial charge < -0.3 is 4.74 Å². The molecule has 0 saturated carbocycles. The van der Waals surface area contributed by atoms with Crippen LogP contribution in [0.2, 0.25) is 0 Å². The van der Waals surface area contributed by atoms with Gasteiger partial charge in [-0.1, -0.05) is 30.3 Å². The van der Waals surface area contributed by atoms with Crippen molar-refractivity contribution in [2.75, 3.05) is 0 Å². The van der Waals surface area contributed by atoms with E-state index in [0.29, 0.717) is 4.57 Å². The van der Waals surface area contributed by atoms with E-state index in [1.54, 1.807) is 26.8 Å². The summed E-state index contributed by atoms with van der Waals surface area (Å²) in [6.07, 6.45) is 1.96. The fourth-order valence-corrected chi connectivity index (χ4v) is 2.49. The molecule has 1 aromatic carbocycles. The zero-order valence-electron chi connectivity index (χ0n) is 14.9. The van der Waals surface area contributed by atoms with Crippen molar-refractivity contribution in [3.05, 3.63) is 81.1 Å². The Balaban J connectivity index is 2.61. The average molecular weight is 342 g/mol. The van der Waals surface area contributed by atoms with Gasteiger partial charge in [0.05, 0.1) is 6.04 Å². The summed E-state index contributed by atoms with van der Waals surface area (Å²) in [4.78, 5) is 37.1. The molecule has 1 aromatic heterocycles. The Morgan fingerprint density at radius 2 is 1.84 bits per heavy atom. The van der Waals surface area contributed by atoms with Crippen molar-refractivity contribution < 1.29 is 9.53 Å². The first-order chi connectivity index (χ1) is 11.7. The van der Waals surface area contributed by atoms with Crippen LogP contribution in [0.1, 0.15) is 37.9 Å². The molecule has 0 amide bonds. The van der Waals surface area contributed by atoms with Crippen LogP contribution in [0.3, 0.4) is 0 Å². The number of aryl methyl sites for hydroxylation is 1. The summed E-state index contributed by atoms with van der Waals surface area (Å²) in [5.74, 6) is 0. The third kappa shape index (κ3) is 3.96. The summed E-state index contributed by atoms with van der Waals surface area (Å²) in [7, 11) is 0. The minimum Gasteiger partial charge on any atom is -0.443 e. The molecule has 6 nitrogen and oxygen atoms in total. The van der Waals surface area contributed by atoms with Gasteiger partial charge >= 0.3 is 11.8 Å². The molecule has 0 aliphatic rings. The van der Waals surface area contributed by atoms with Gasteiger partial charge in [-0.2, -0.15) is 4.57 Å². The number of nitrogens with zero attached hydrogens (tertiary/aromatic N) is 2. The first-order valence-electron chi connectivity index (χ1n) is 7.91. The lowest BCUT2D eigenvalue weighted by atomic mass is 10.0. The van der Waals surface area contributed by atoms with Crippen LogP contribution in [0.4, 0.5) is 4.79 Å². The second-order valence-corrected chi connectivity index (χ2v) is 6.70. The monoisotopic (exact) mass is 342 g/mol. The maximum Gasteiger partial charge on any atom is 0.425 e. The van der Waals surface area contributed by atoms with Gasteiger partial charge in [0.25, 0.3) is 5.56 Å². The van der Waals surface area contributed by atoms with Gasteiger partial charge in [0.15, 0.2) is 0 Å². The molecule has 25 heavy (non-hydrogen) atoms. The Labute approximate surface area is 146 Å². The molecule has 0 unspecified atom stereocenters. The van der Waals surface area contributed by atoms with Crippen LogP contribution in [0, 0.1) is 6.92 Å². The minimum absolute atomic E-state index is 0.500. The molecule has 0 fully saturated rings. The average Bonchev–Trinajstić information content (AvgIpc) is 2.50. The van der Waals surface area contributed by atoms with E-state index in [-0.39, 0.29) is 0 Å². The lowest BCUT2D eigenvalue weighted by Crippen LogP contribution is -2.46. The smallest absolute Gasteiger partial charge is 0.425 e. The lowest BCUT2D eigenvalue weighted by Gasteiger charge is -2.21. The molecule has 0 bridgehead atoms. The summed E-state index contributed by atoms with van der Waals surface area (Å²) in [5, 5.41) is 0. The number of hydrogen-bond donors (Lipinski definition) is 0. The summed E-state index contributed by atoms with van der Waals surface area (Å²) >= 11 is 0. The number of carbonyl (C=O) groups is 1. The largest absolute Gasteiger partial charge is 0.443 e. The molecular weight excluding hydrogens is 320 g/mol. The highest BCUT2D eigenvalue weighted by Gasteiger charge is 2.23. The van der Waals surface area contributed by atoms with E-state index in [9.17, 15) is 14.4 Å². The van der Waals surface area contributed by atoms with E-state index in [2.05, 4.69) is 6.58 Å². The van der Waals surface area contributed by atoms with Crippen LogP contribution in [-0.4, -0.2) is 20.8 Å². The molecule has 0 saturated heterocycles. The normalized spacial score (nSPS) is 12.5. The maximum absolute atomic E-state index is 12.8. The zero-order valence-corrected chi connectivity index (χ0v) is 14.9. The number of allylic oxidation sites excluding steroid dienone is 1. The van der Waals surface area contributed by atoms with Gasteiger partial charge in [-0.3, -0.25) is 9.36 Å². The second-order valence-electron chi connectivity index (χ2n) is 6.70. The van der Waals surface area contributed by atoms with E-state index in [1.165, 1.54) is 16.8 Å². The molecular formula is C19H22N2O4. The van der Waals surface area contributed by atoms with Crippen LogP contribution in [-0.2, 0) is 4.74 Å². The fraction of sp³-hybridized carbons (Fsp3) is 0.316. The predicted molar refractivity (Wildman–Crippen MR) is 96.1 cm³/mol. The fourth-order valence-electron chi connectivity index (χ4n) is 2.49. The Hall–Kier alpha value is -2.89. The maximum atomic E-state index is 12.8. The summed E-state index contributed by atoms with van der Waals surface area (Å²) in [6, 6.07) is 8.19. The molecule has 6 heteroatoms. The molecule has 1 heterocycles. The molecule has 2 rings (SSSR count). The van der Waals surface area contributed by atoms with E-state index in [1.807, 2.05) is 31.2 Å². The molecule has 0 radical (unpaired) electrons. The number of aromatic nitrogens is 2. The van der Waals surface area contributed by atoms with Crippen LogP contribution < -0.4 is 11.2 Å². The summed E-state index contributed by atoms with van der Waals surface area (Å²) in [5.41, 5.74) is -0.501. The molecule has 132 valence electrons. The molecule has 2 aromatic rings. The number of hydrogen-bond acceptors (Lipinski definition) is 4. The van der Waals surface area contributed by atoms with Crippen molar-refractivity contribution in [1.82, 2.24) is 9.13 Å². The van der Waals surface area contributed by atoms with Crippen molar-refractivity contribution in [1.29, 1.82) is 0 Å². The highest BCUT2D eigenvalue weighted by Crippen LogP contribution is 2.21. The minimum atomic E-state index is -0.996. The van der Waals surface area contributed by atoms with Crippen LogP contribution in [0.25, 0.3) is 0 Å². The van der Waals surface area contributed by atoms with Gasteiger partial charge in [0, 0.05) is 12.3 Å². The second kappa shape index (κ2) is 6.93. The van der Waals surface area contributed by atoms with Crippen molar-refractivity contribution in [3.8, 4) is 0 Å². The summed E-state index contributed by atoms with van der Waals surface area (Å²) in [6.45, 7) is 10.7. The van der Waals surface area contributed by atoms with E-state index < -0.39 is 29.0 Å². The van der Waals surface area contributed by atoms with E-state index in [4.69, 9.17) is 4.74 Å². The van der Waals surface area contributed by atoms with Gasteiger partial charge in [0.1, 0.15) is 5.60 Å². The third-order valence-corrected chi connectivity index (χ3v) is 3.62. The molecule has 0 aliphatic heterocycles. The Kier molecular flexibility index (Phi) is 5.11. The SMILES string of the molecule is C=C[C@@H](c1ccccc1C)n1ccc(=O)n(C(=O)OC(C)(C)C)c1=O. The van der Waals surface area contributed by atoms with Crippen LogP contribution >= 0.6 is 0 Å². The molecule has 0 spiro atoms. The van der Waals surface area contributed by atoms with Crippen molar-refractivity contribution in [2.24, 2.45) is 0 Å². The Morgan fingerprint density at radius 3 is 2.40 bits per heavy atom. The van der Waals surface area contributed by atoms with E-state index >= 15 is 0 Å². The van der Waals surface area contributed by atoms with Gasteiger partial charge in [-0.05, 0) is 38.8 Å². The third-order valence-electron chi connectivity index (χ3n) is 3.62. The molecule has 0 aliphatic carbocycles. The topological polar surface area (TPSA) is 70.3 Å². The first-order valence-corrected chi connectivity index (χ1v) is 7.91. The van der Waals surface area contributed by atoms with Crippen molar-refractivity contribution in [2.45, 2.75) is 39.3 Å². The van der Waals surface area contributed by atoms with Crippen molar-refractivity contribution in [3.63, 3.8) is 0 Å². The number of benzene rings is 1. The first kappa shape index (κ1) is 18.4. The number of carbonyl (C=O) groups excluding carboxylic acids is 1. The summed E-state index contributed by atoms with van der Waals surface area (Å²) < 4.78 is 6.96. The Bertz CT molecular complexity index is 916. The zero-order chi connectivity index (χ0) is 18.8. The highest BCUT2D eigenvalue weighted by atomic mass is 16.6. The Morgan fingerprint density at radius 1 is 1.20 bits per heavy atom. The standard InChI is InChI=1S/C19H22N2O4/c1-6-15(14-10-8-7-9-13(14)2)20-12-11-16(22)21(17(20)23)18(24)25-19(3,4)5/h6-12,15H,1H2,2-5H3/t15-/m0/s1. The van der Waals surface area contributed by atoms with Gasteiger partial charge in [-0.25, -0.2) is 9.59 Å². The number of ether oxygens (including phenoxy) is 1. The predicted octanol–water partition coefficient (Wildman–Crippen LogP) is 2.88. The lowest BCUT2D eigenvalue weighted by molar-refractivity contribution is 0.0520.